The van der Waals surface area contributed by atoms with Crippen LogP contribution in [0.15, 0.2) is 30.5 Å². The number of hydrogen-bond acceptors (Lipinski definition) is 5. The highest BCUT2D eigenvalue weighted by Crippen LogP contribution is 2.25. The average Bonchev–Trinajstić information content (AvgIpc) is 2.46. The van der Waals surface area contributed by atoms with Crippen LogP contribution < -0.4 is 0 Å². The summed E-state index contributed by atoms with van der Waals surface area (Å²) in [4.78, 5) is 17.9. The SMILES string of the molecule is N#Cc1nccc(C=Cc2ccc(Cl)c([N+](=O)[O-])c2)n1. The molecule has 1 aromatic carbocycles. The minimum absolute atomic E-state index is 0.0641. The van der Waals surface area contributed by atoms with Gasteiger partial charge in [-0.25, -0.2) is 9.97 Å². The van der Waals surface area contributed by atoms with Crippen molar-refractivity contribution < 1.29 is 4.92 Å². The van der Waals surface area contributed by atoms with Crippen molar-refractivity contribution in [3.8, 4) is 6.07 Å². The molecular weight excluding hydrogens is 280 g/mol. The minimum atomic E-state index is -0.544. The second-order valence-corrected chi connectivity index (χ2v) is 4.13. The second-order valence-electron chi connectivity index (χ2n) is 3.72. The zero-order valence-corrected chi connectivity index (χ0v) is 10.8. The first kappa shape index (κ1) is 13.6. The monoisotopic (exact) mass is 286 g/mol. The van der Waals surface area contributed by atoms with Gasteiger partial charge in [-0.15, -0.1) is 0 Å². The van der Waals surface area contributed by atoms with Gasteiger partial charge >= 0.3 is 0 Å². The van der Waals surface area contributed by atoms with Crippen molar-refractivity contribution in [2.45, 2.75) is 0 Å². The summed E-state index contributed by atoms with van der Waals surface area (Å²) >= 11 is 5.73. The van der Waals surface area contributed by atoms with Gasteiger partial charge in [-0.2, -0.15) is 5.26 Å². The van der Waals surface area contributed by atoms with E-state index in [0.29, 0.717) is 11.3 Å². The van der Waals surface area contributed by atoms with Crippen molar-refractivity contribution in [1.82, 2.24) is 9.97 Å². The number of nitro benzene ring substituents is 1. The van der Waals surface area contributed by atoms with Crippen LogP contribution in [-0.2, 0) is 0 Å². The van der Waals surface area contributed by atoms with Gasteiger partial charge in [0.15, 0.2) is 0 Å². The summed E-state index contributed by atoms with van der Waals surface area (Å²) in [5.41, 5.74) is 0.988. The zero-order valence-electron chi connectivity index (χ0n) is 10.0. The van der Waals surface area contributed by atoms with Crippen molar-refractivity contribution in [3.05, 3.63) is 62.7 Å². The lowest BCUT2D eigenvalue weighted by molar-refractivity contribution is -0.384. The highest BCUT2D eigenvalue weighted by atomic mass is 35.5. The number of halogens is 1. The molecule has 0 unspecified atom stereocenters. The summed E-state index contributed by atoms with van der Waals surface area (Å²) in [7, 11) is 0. The molecular formula is C13H7ClN4O2. The maximum absolute atomic E-state index is 10.8. The van der Waals surface area contributed by atoms with E-state index in [2.05, 4.69) is 9.97 Å². The fraction of sp³-hybridized carbons (Fsp3) is 0. The molecule has 0 saturated heterocycles. The quantitative estimate of drug-likeness (QED) is 0.638. The Kier molecular flexibility index (Phi) is 4.03. The van der Waals surface area contributed by atoms with Gasteiger partial charge < -0.3 is 0 Å². The lowest BCUT2D eigenvalue weighted by atomic mass is 10.2. The molecule has 7 heteroatoms. The van der Waals surface area contributed by atoms with E-state index in [1.807, 2.05) is 6.07 Å². The molecule has 0 spiro atoms. The highest BCUT2D eigenvalue weighted by Gasteiger charge is 2.11. The van der Waals surface area contributed by atoms with Crippen molar-refractivity contribution >= 4 is 29.4 Å². The molecule has 0 aliphatic rings. The molecule has 1 aromatic heterocycles. The summed E-state index contributed by atoms with van der Waals surface area (Å²) in [6, 6.07) is 7.94. The number of nitrogens with zero attached hydrogens (tertiary/aromatic N) is 4. The van der Waals surface area contributed by atoms with Crippen LogP contribution in [-0.4, -0.2) is 14.9 Å². The van der Waals surface area contributed by atoms with Crippen LogP contribution in [0, 0.1) is 21.4 Å². The Morgan fingerprint density at radius 2 is 2.15 bits per heavy atom. The molecule has 0 N–H and O–H groups in total. The van der Waals surface area contributed by atoms with Crippen molar-refractivity contribution in [2.75, 3.05) is 0 Å². The molecule has 0 aliphatic carbocycles. The van der Waals surface area contributed by atoms with E-state index in [1.54, 1.807) is 24.3 Å². The largest absolute Gasteiger partial charge is 0.288 e. The Morgan fingerprint density at radius 1 is 1.35 bits per heavy atom. The van der Waals surface area contributed by atoms with Crippen molar-refractivity contribution in [1.29, 1.82) is 5.26 Å². The first-order chi connectivity index (χ1) is 9.60. The van der Waals surface area contributed by atoms with Crippen LogP contribution >= 0.6 is 11.6 Å². The van der Waals surface area contributed by atoms with E-state index in [1.165, 1.54) is 18.3 Å². The highest BCUT2D eigenvalue weighted by molar-refractivity contribution is 6.32. The van der Waals surface area contributed by atoms with Gasteiger partial charge in [0.1, 0.15) is 11.1 Å². The summed E-state index contributed by atoms with van der Waals surface area (Å²) in [6.07, 6.45) is 4.75. The van der Waals surface area contributed by atoms with E-state index in [9.17, 15) is 10.1 Å². The van der Waals surface area contributed by atoms with Gasteiger partial charge in [0.05, 0.1) is 10.6 Å². The number of benzene rings is 1. The standard InChI is InChI=1S/C13H7ClN4O2/c14-11-4-2-9(7-12(11)18(19)20)1-3-10-5-6-16-13(8-15)17-10/h1-7H. The van der Waals surface area contributed by atoms with E-state index >= 15 is 0 Å². The van der Waals surface area contributed by atoms with Gasteiger partial charge in [0.2, 0.25) is 5.82 Å². The molecule has 20 heavy (non-hydrogen) atoms. The predicted molar refractivity (Wildman–Crippen MR) is 73.8 cm³/mol. The molecule has 0 atom stereocenters. The molecule has 0 fully saturated rings. The molecule has 0 aliphatic heterocycles. The topological polar surface area (TPSA) is 92.7 Å². The van der Waals surface area contributed by atoms with E-state index in [-0.39, 0.29) is 16.5 Å². The molecule has 98 valence electrons. The average molecular weight is 287 g/mol. The Balaban J connectivity index is 2.30. The smallest absolute Gasteiger partial charge is 0.258 e. The number of hydrogen-bond donors (Lipinski definition) is 0. The third kappa shape index (κ3) is 3.16. The molecule has 2 rings (SSSR count). The van der Waals surface area contributed by atoms with E-state index < -0.39 is 4.92 Å². The van der Waals surface area contributed by atoms with Crippen LogP contribution in [0.1, 0.15) is 17.1 Å². The summed E-state index contributed by atoms with van der Waals surface area (Å²) in [5, 5.41) is 19.5. The molecule has 0 bridgehead atoms. The fourth-order valence-corrected chi connectivity index (χ4v) is 1.66. The number of nitro groups is 1. The van der Waals surface area contributed by atoms with Crippen LogP contribution in [0.5, 0.6) is 0 Å². The summed E-state index contributed by atoms with van der Waals surface area (Å²) < 4.78 is 0. The number of aromatic nitrogens is 2. The first-order valence-corrected chi connectivity index (χ1v) is 5.83. The van der Waals surface area contributed by atoms with Crippen LogP contribution in [0.2, 0.25) is 5.02 Å². The van der Waals surface area contributed by atoms with E-state index in [4.69, 9.17) is 16.9 Å². The van der Waals surface area contributed by atoms with Gasteiger partial charge in [0.25, 0.3) is 5.69 Å². The molecule has 0 saturated carbocycles. The lowest BCUT2D eigenvalue weighted by Gasteiger charge is -1.97. The summed E-state index contributed by atoms with van der Waals surface area (Å²) in [6.45, 7) is 0. The van der Waals surface area contributed by atoms with Crippen molar-refractivity contribution in [3.63, 3.8) is 0 Å². The third-order valence-electron chi connectivity index (χ3n) is 2.39. The van der Waals surface area contributed by atoms with Crippen LogP contribution in [0.25, 0.3) is 12.2 Å². The van der Waals surface area contributed by atoms with Gasteiger partial charge in [-0.1, -0.05) is 23.7 Å². The first-order valence-electron chi connectivity index (χ1n) is 5.45. The molecule has 2 aromatic rings. The van der Waals surface area contributed by atoms with Crippen LogP contribution in [0.3, 0.4) is 0 Å². The van der Waals surface area contributed by atoms with E-state index in [0.717, 1.165) is 0 Å². The third-order valence-corrected chi connectivity index (χ3v) is 2.71. The molecule has 6 nitrogen and oxygen atoms in total. The summed E-state index contributed by atoms with van der Waals surface area (Å²) in [5.74, 6) is 0.0641. The van der Waals surface area contributed by atoms with Crippen LogP contribution in [0.4, 0.5) is 5.69 Å². The fourth-order valence-electron chi connectivity index (χ4n) is 1.47. The Labute approximate surface area is 119 Å². The van der Waals surface area contributed by atoms with Gasteiger partial charge in [-0.3, -0.25) is 10.1 Å². The number of nitriles is 1. The molecule has 0 radical (unpaired) electrons. The zero-order chi connectivity index (χ0) is 14.5. The second kappa shape index (κ2) is 5.91. The van der Waals surface area contributed by atoms with Gasteiger partial charge in [0, 0.05) is 12.3 Å². The molecule has 1 heterocycles. The normalized spacial score (nSPS) is 10.4. The minimum Gasteiger partial charge on any atom is -0.258 e. The Morgan fingerprint density at radius 3 is 2.85 bits per heavy atom. The van der Waals surface area contributed by atoms with Gasteiger partial charge in [-0.05, 0) is 23.8 Å². The Hall–Kier alpha value is -2.78. The molecule has 0 amide bonds. The lowest BCUT2D eigenvalue weighted by Crippen LogP contribution is -1.90. The van der Waals surface area contributed by atoms with Crippen molar-refractivity contribution in [2.24, 2.45) is 0 Å². The number of rotatable bonds is 3. The predicted octanol–water partition coefficient (Wildman–Crippen LogP) is 3.08. The Bertz CT molecular complexity index is 737. The maximum atomic E-state index is 10.8. The maximum Gasteiger partial charge on any atom is 0.288 e.